The molecule has 5 rings (SSSR count). The summed E-state index contributed by atoms with van der Waals surface area (Å²) in [5, 5.41) is 9.47. The Labute approximate surface area is 267 Å². The van der Waals surface area contributed by atoms with Crippen LogP contribution < -0.4 is 0 Å². The fourth-order valence-corrected chi connectivity index (χ4v) is 5.12. The van der Waals surface area contributed by atoms with Gasteiger partial charge in [-0.2, -0.15) is 26.3 Å². The summed E-state index contributed by atoms with van der Waals surface area (Å²) in [5.74, 6) is -2.13. The first-order valence-electron chi connectivity index (χ1n) is 15.0. The van der Waals surface area contributed by atoms with E-state index in [1.807, 2.05) is 0 Å². The summed E-state index contributed by atoms with van der Waals surface area (Å²) in [5.41, 5.74) is -2.27. The second kappa shape index (κ2) is 14.1. The van der Waals surface area contributed by atoms with E-state index in [1.165, 1.54) is 39.2 Å². The zero-order valence-corrected chi connectivity index (χ0v) is 25.9. The van der Waals surface area contributed by atoms with Crippen LogP contribution >= 0.6 is 0 Å². The van der Waals surface area contributed by atoms with Gasteiger partial charge in [0.2, 0.25) is 5.91 Å². The summed E-state index contributed by atoms with van der Waals surface area (Å²) >= 11 is 0. The topological polar surface area (TPSA) is 87.2 Å². The summed E-state index contributed by atoms with van der Waals surface area (Å²) in [4.78, 5) is 39.6. The number of imide groups is 1. The lowest BCUT2D eigenvalue weighted by molar-refractivity contribution is -0.138. The van der Waals surface area contributed by atoms with Crippen LogP contribution in [0.3, 0.4) is 0 Å². The molecule has 3 amide bonds. The fourth-order valence-electron chi connectivity index (χ4n) is 5.12. The third kappa shape index (κ3) is 8.44. The van der Waals surface area contributed by atoms with Gasteiger partial charge in [-0.15, -0.1) is 0 Å². The highest BCUT2D eigenvalue weighted by Crippen LogP contribution is 2.40. The van der Waals surface area contributed by atoms with Crippen molar-refractivity contribution in [3.8, 4) is 11.1 Å². The zero-order chi connectivity index (χ0) is 34.7. The van der Waals surface area contributed by atoms with Crippen LogP contribution in [0.2, 0.25) is 0 Å². The Morgan fingerprint density at radius 3 is 2.09 bits per heavy atom. The van der Waals surface area contributed by atoms with Crippen LogP contribution in [0.15, 0.2) is 66.7 Å². The van der Waals surface area contributed by atoms with Gasteiger partial charge in [-0.25, -0.2) is 14.5 Å². The maximum absolute atomic E-state index is 14.1. The maximum atomic E-state index is 14.1. The van der Waals surface area contributed by atoms with Gasteiger partial charge in [0.05, 0.1) is 23.1 Å². The molecule has 2 fully saturated rings. The summed E-state index contributed by atoms with van der Waals surface area (Å²) < 4.78 is 88.3. The van der Waals surface area contributed by atoms with E-state index >= 15 is 0 Å². The number of cyclic esters (lactones) is 1. The van der Waals surface area contributed by atoms with Crippen LogP contribution in [-0.2, 0) is 28.4 Å². The number of amides is 3. The lowest BCUT2D eigenvalue weighted by Gasteiger charge is -2.24. The van der Waals surface area contributed by atoms with Crippen molar-refractivity contribution in [3.05, 3.63) is 94.5 Å². The molecule has 3 atom stereocenters. The van der Waals surface area contributed by atoms with Gasteiger partial charge in [0, 0.05) is 13.1 Å². The average molecular weight is 665 g/mol. The second-order valence-electron chi connectivity index (χ2n) is 11.5. The fraction of sp³-hybridized carbons (Fsp3) is 0.382. The van der Waals surface area contributed by atoms with Gasteiger partial charge in [-0.05, 0) is 72.9 Å². The summed E-state index contributed by atoms with van der Waals surface area (Å²) in [6.45, 7) is 3.71. The number of hydrogen-bond acceptors (Lipinski definition) is 4. The predicted molar refractivity (Wildman–Crippen MR) is 160 cm³/mol. The van der Waals surface area contributed by atoms with E-state index in [0.29, 0.717) is 17.7 Å². The molecule has 1 saturated heterocycles. The van der Waals surface area contributed by atoms with E-state index in [2.05, 4.69) is 0 Å². The van der Waals surface area contributed by atoms with Gasteiger partial charge >= 0.3 is 24.5 Å². The quantitative estimate of drug-likeness (QED) is 0.255. The van der Waals surface area contributed by atoms with E-state index in [9.17, 15) is 45.8 Å². The van der Waals surface area contributed by atoms with Crippen LogP contribution in [0.1, 0.15) is 79.9 Å². The molecule has 0 bridgehead atoms. The van der Waals surface area contributed by atoms with Gasteiger partial charge in [-0.3, -0.25) is 4.79 Å². The van der Waals surface area contributed by atoms with E-state index in [-0.39, 0.29) is 28.8 Å². The molecular formula is C34H34F6N2O5. The Kier molecular flexibility index (Phi) is 10.6. The first kappa shape index (κ1) is 35.3. The molecule has 1 aliphatic carbocycles. The highest BCUT2D eigenvalue weighted by Gasteiger charge is 2.45. The highest BCUT2D eigenvalue weighted by molar-refractivity contribution is 5.97. The minimum atomic E-state index is -4.91. The smallest absolute Gasteiger partial charge is 0.417 e. The molecule has 1 aliphatic heterocycles. The van der Waals surface area contributed by atoms with E-state index < -0.39 is 66.2 Å². The largest absolute Gasteiger partial charge is 0.465 e. The summed E-state index contributed by atoms with van der Waals surface area (Å²) in [7, 11) is 0. The number of carbonyl (C=O) groups excluding carboxylic acids is 2. The minimum Gasteiger partial charge on any atom is -0.465 e. The Bertz CT molecular complexity index is 1600. The van der Waals surface area contributed by atoms with Crippen molar-refractivity contribution in [2.24, 2.45) is 0 Å². The monoisotopic (exact) mass is 664 g/mol. The number of rotatable bonds is 7. The molecule has 0 unspecified atom stereocenters. The molecular weight excluding hydrogens is 630 g/mol. The van der Waals surface area contributed by atoms with Crippen molar-refractivity contribution in [1.82, 2.24) is 9.80 Å². The van der Waals surface area contributed by atoms with E-state index in [4.69, 9.17) is 4.74 Å². The molecule has 13 heteroatoms. The molecule has 3 aromatic rings. The second-order valence-corrected chi connectivity index (χ2v) is 11.5. The van der Waals surface area contributed by atoms with Gasteiger partial charge in [-0.1, -0.05) is 61.7 Å². The van der Waals surface area contributed by atoms with Crippen LogP contribution in [0.4, 0.5) is 35.9 Å². The molecule has 2 aliphatic rings. The number of carbonyl (C=O) groups is 3. The number of ether oxygens (including phenoxy) is 1. The molecule has 47 heavy (non-hydrogen) atoms. The van der Waals surface area contributed by atoms with E-state index in [0.717, 1.165) is 28.0 Å². The van der Waals surface area contributed by atoms with Crippen LogP contribution in [-0.4, -0.2) is 45.6 Å². The molecule has 7 nitrogen and oxygen atoms in total. The standard InChI is InChI=1S/C31H28F6N2O5.C3H6/c1-4-38(28(41)42)16-22-15-23(30(32,33)34)10-11-25(22)21-12-20(13-24(14-21)31(35,36)37)17(2)27(40)39-18(3)26(44-29(39)43)19-8-6-5-7-9-19;1-2-3-1/h5-15,17-18,26H,4,16H2,1-3H3,(H,41,42);1-3H2/t17-,18+,26+;/m0./s1. The van der Waals surface area contributed by atoms with Crippen LogP contribution in [0, 0.1) is 0 Å². The van der Waals surface area contributed by atoms with Crippen molar-refractivity contribution < 1.29 is 50.6 Å². The highest BCUT2D eigenvalue weighted by atomic mass is 19.4. The SMILES string of the molecule is C1CC1.CCN(Cc1cc(C(F)(F)F)ccc1-c1cc([C@H](C)C(=O)N2C(=O)O[C@@H](c3ccccc3)[C@H]2C)cc(C(F)(F)F)c1)C(=O)O. The van der Waals surface area contributed by atoms with Crippen molar-refractivity contribution in [2.45, 2.75) is 77.0 Å². The number of halogens is 6. The van der Waals surface area contributed by atoms with Gasteiger partial charge < -0.3 is 14.7 Å². The molecule has 1 saturated carbocycles. The van der Waals surface area contributed by atoms with Crippen LogP contribution in [0.5, 0.6) is 0 Å². The number of carboxylic acid groups (broad SMARTS) is 1. The lowest BCUT2D eigenvalue weighted by atomic mass is 9.90. The molecule has 3 aromatic carbocycles. The van der Waals surface area contributed by atoms with Crippen molar-refractivity contribution >= 4 is 18.1 Å². The third-order valence-corrected chi connectivity index (χ3v) is 7.90. The summed E-state index contributed by atoms with van der Waals surface area (Å²) in [6.07, 6.45) is -8.41. The van der Waals surface area contributed by atoms with Crippen molar-refractivity contribution in [1.29, 1.82) is 0 Å². The van der Waals surface area contributed by atoms with Gasteiger partial charge in [0.25, 0.3) is 0 Å². The Morgan fingerprint density at radius 2 is 1.55 bits per heavy atom. The molecule has 0 radical (unpaired) electrons. The number of alkyl halides is 6. The number of nitrogens with zero attached hydrogens (tertiary/aromatic N) is 2. The number of hydrogen-bond donors (Lipinski definition) is 1. The Balaban J connectivity index is 0.00000157. The van der Waals surface area contributed by atoms with Crippen molar-refractivity contribution in [3.63, 3.8) is 0 Å². The van der Waals surface area contributed by atoms with Crippen molar-refractivity contribution in [2.75, 3.05) is 6.54 Å². The Hall–Kier alpha value is -4.55. The molecule has 1 N–H and O–H groups in total. The maximum Gasteiger partial charge on any atom is 0.417 e. The summed E-state index contributed by atoms with van der Waals surface area (Å²) in [6, 6.07) is 12.9. The first-order chi connectivity index (χ1) is 22.0. The molecule has 0 aromatic heterocycles. The first-order valence-corrected chi connectivity index (χ1v) is 15.0. The average Bonchev–Trinajstić information content (AvgIpc) is 3.88. The van der Waals surface area contributed by atoms with Crippen LogP contribution in [0.25, 0.3) is 11.1 Å². The molecule has 1 heterocycles. The minimum absolute atomic E-state index is 0.0807. The normalized spacial score (nSPS) is 18.1. The lowest BCUT2D eigenvalue weighted by Crippen LogP contribution is -2.40. The molecule has 0 spiro atoms. The van der Waals surface area contributed by atoms with Gasteiger partial charge in [0.15, 0.2) is 0 Å². The third-order valence-electron chi connectivity index (χ3n) is 7.90. The number of benzene rings is 3. The molecule has 252 valence electrons. The predicted octanol–water partition coefficient (Wildman–Crippen LogP) is 9.27. The van der Waals surface area contributed by atoms with Gasteiger partial charge in [0.1, 0.15) is 6.10 Å². The Morgan fingerprint density at radius 1 is 0.936 bits per heavy atom. The zero-order valence-electron chi connectivity index (χ0n) is 25.9. The van der Waals surface area contributed by atoms with E-state index in [1.54, 1.807) is 37.3 Å².